The molecule has 1 unspecified atom stereocenters. The Hall–Kier alpha value is -2.38. The molecule has 0 aromatic heterocycles. The first-order valence-corrected chi connectivity index (χ1v) is 10.9. The number of ether oxygens (including phenoxy) is 2. The van der Waals surface area contributed by atoms with E-state index in [1.54, 1.807) is 0 Å². The molecule has 30 heavy (non-hydrogen) atoms. The quantitative estimate of drug-likeness (QED) is 0.757. The number of morpholine rings is 1. The van der Waals surface area contributed by atoms with Crippen LogP contribution in [0.3, 0.4) is 0 Å². The molecule has 7 heteroatoms. The zero-order chi connectivity index (χ0) is 21.4. The van der Waals surface area contributed by atoms with Crippen molar-refractivity contribution < 1.29 is 19.1 Å². The van der Waals surface area contributed by atoms with Crippen molar-refractivity contribution in [3.8, 4) is 5.75 Å². The van der Waals surface area contributed by atoms with Crippen LogP contribution in [0.15, 0.2) is 36.4 Å². The molecular formula is C23H33N3O4. The molecule has 7 nitrogen and oxygen atoms in total. The van der Waals surface area contributed by atoms with E-state index in [0.717, 1.165) is 17.7 Å². The van der Waals surface area contributed by atoms with Crippen LogP contribution >= 0.6 is 0 Å². The summed E-state index contributed by atoms with van der Waals surface area (Å²) >= 11 is 0. The number of rotatable bonds is 4. The van der Waals surface area contributed by atoms with E-state index in [1.807, 2.05) is 47.9 Å². The van der Waals surface area contributed by atoms with Gasteiger partial charge in [-0.2, -0.15) is 0 Å². The number of allylic oxidation sites excluding steroid dienone is 1. The van der Waals surface area contributed by atoms with Crippen molar-refractivity contribution in [2.24, 2.45) is 0 Å². The van der Waals surface area contributed by atoms with Crippen LogP contribution in [0, 0.1) is 0 Å². The fourth-order valence-electron chi connectivity index (χ4n) is 4.00. The van der Waals surface area contributed by atoms with Crippen LogP contribution in [0.4, 0.5) is 0 Å². The van der Waals surface area contributed by atoms with Crippen LogP contribution in [0.5, 0.6) is 5.75 Å². The highest BCUT2D eigenvalue weighted by Gasteiger charge is 2.43. The molecule has 1 spiro atoms. The van der Waals surface area contributed by atoms with Gasteiger partial charge in [0, 0.05) is 32.6 Å². The molecule has 1 N–H and O–H groups in total. The van der Waals surface area contributed by atoms with Crippen LogP contribution in [-0.4, -0.2) is 79.7 Å². The van der Waals surface area contributed by atoms with E-state index in [-0.39, 0.29) is 11.8 Å². The molecule has 2 aliphatic heterocycles. The van der Waals surface area contributed by atoms with Crippen molar-refractivity contribution in [3.05, 3.63) is 42.0 Å². The van der Waals surface area contributed by atoms with Crippen LogP contribution in [0.25, 0.3) is 0 Å². The number of likely N-dealkylation sites (N-methyl/N-ethyl adjacent to an activating group) is 1. The van der Waals surface area contributed by atoms with Gasteiger partial charge in [-0.3, -0.25) is 14.5 Å². The average Bonchev–Trinajstić information content (AvgIpc) is 2.75. The summed E-state index contributed by atoms with van der Waals surface area (Å²) in [5.41, 5.74) is 0.127. The maximum absolute atomic E-state index is 13.1. The van der Waals surface area contributed by atoms with Crippen molar-refractivity contribution >= 4 is 11.8 Å². The third kappa shape index (κ3) is 5.40. The monoisotopic (exact) mass is 415 g/mol. The number of carbonyl (C=O) groups is 2. The molecule has 164 valence electrons. The van der Waals surface area contributed by atoms with E-state index < -0.39 is 5.60 Å². The number of para-hydroxylation sites is 1. The van der Waals surface area contributed by atoms with Crippen LogP contribution in [0.2, 0.25) is 0 Å². The maximum Gasteiger partial charge on any atom is 0.254 e. The lowest BCUT2D eigenvalue weighted by Gasteiger charge is -2.41. The molecule has 0 radical (unpaired) electrons. The van der Waals surface area contributed by atoms with Crippen LogP contribution in [-0.2, 0) is 20.7 Å². The fourth-order valence-corrected chi connectivity index (χ4v) is 4.00. The number of nitrogens with one attached hydrogen (secondary N) is 1. The van der Waals surface area contributed by atoms with Gasteiger partial charge in [-0.05, 0) is 31.9 Å². The Morgan fingerprint density at radius 3 is 2.80 bits per heavy atom. The SMILES string of the molecule is CCN(CC)C(=O)CN1CCOC2(C/C=C/Cc3ccccc3OCCNC2=O)C1. The van der Waals surface area contributed by atoms with Gasteiger partial charge >= 0.3 is 0 Å². The lowest BCUT2D eigenvalue weighted by atomic mass is 9.94. The highest BCUT2D eigenvalue weighted by molar-refractivity contribution is 5.86. The van der Waals surface area contributed by atoms with Gasteiger partial charge in [-0.15, -0.1) is 0 Å². The van der Waals surface area contributed by atoms with E-state index in [4.69, 9.17) is 9.47 Å². The first-order valence-electron chi connectivity index (χ1n) is 10.9. The molecule has 1 aromatic carbocycles. The standard InChI is InChI=1S/C23H33N3O4/c1-3-26(4-2)21(27)17-25-14-16-30-23(18-25)12-8-7-10-19-9-5-6-11-20(19)29-15-13-24-22(23)28/h5-9,11H,3-4,10,12-18H2,1-2H3,(H,24,28)/b8-7+. The highest BCUT2D eigenvalue weighted by atomic mass is 16.5. The van der Waals surface area contributed by atoms with Gasteiger partial charge in [-0.1, -0.05) is 30.4 Å². The summed E-state index contributed by atoms with van der Waals surface area (Å²) in [6, 6.07) is 7.96. The van der Waals surface area contributed by atoms with Gasteiger partial charge in [0.25, 0.3) is 5.91 Å². The molecule has 2 amide bonds. The Balaban J connectivity index is 1.73. The van der Waals surface area contributed by atoms with Gasteiger partial charge in [0.05, 0.1) is 19.7 Å². The third-order valence-electron chi connectivity index (χ3n) is 5.72. The van der Waals surface area contributed by atoms with Crippen LogP contribution in [0.1, 0.15) is 25.8 Å². The summed E-state index contributed by atoms with van der Waals surface area (Å²) in [5.74, 6) is 0.789. The van der Waals surface area contributed by atoms with Crippen molar-refractivity contribution in [1.29, 1.82) is 0 Å². The summed E-state index contributed by atoms with van der Waals surface area (Å²) in [4.78, 5) is 29.5. The van der Waals surface area contributed by atoms with Gasteiger partial charge < -0.3 is 19.7 Å². The fraction of sp³-hybridized carbons (Fsp3) is 0.565. The van der Waals surface area contributed by atoms with Crippen molar-refractivity contribution in [1.82, 2.24) is 15.1 Å². The second-order valence-corrected chi connectivity index (χ2v) is 7.71. The molecule has 1 atom stereocenters. The first kappa shape index (κ1) is 22.3. The molecule has 0 saturated carbocycles. The average molecular weight is 416 g/mol. The summed E-state index contributed by atoms with van der Waals surface area (Å²) in [7, 11) is 0. The smallest absolute Gasteiger partial charge is 0.254 e. The number of amides is 2. The molecule has 0 aliphatic carbocycles. The van der Waals surface area contributed by atoms with Crippen molar-refractivity contribution in [2.45, 2.75) is 32.3 Å². The minimum Gasteiger partial charge on any atom is -0.491 e. The zero-order valence-electron chi connectivity index (χ0n) is 18.1. The van der Waals surface area contributed by atoms with Gasteiger partial charge in [0.2, 0.25) is 5.91 Å². The lowest BCUT2D eigenvalue weighted by molar-refractivity contribution is -0.162. The molecule has 1 fully saturated rings. The number of hydrogen-bond acceptors (Lipinski definition) is 5. The predicted molar refractivity (Wildman–Crippen MR) is 115 cm³/mol. The number of nitrogens with zero attached hydrogens (tertiary/aromatic N) is 2. The second-order valence-electron chi connectivity index (χ2n) is 7.71. The van der Waals surface area contributed by atoms with Gasteiger partial charge in [0.15, 0.2) is 5.60 Å². The Morgan fingerprint density at radius 2 is 2.00 bits per heavy atom. The molecule has 3 rings (SSSR count). The highest BCUT2D eigenvalue weighted by Crippen LogP contribution is 2.25. The normalized spacial score (nSPS) is 24.0. The summed E-state index contributed by atoms with van der Waals surface area (Å²) in [6.45, 7) is 7.90. The molecular weight excluding hydrogens is 382 g/mol. The number of fused-ring (bicyclic) bond motifs is 1. The van der Waals surface area contributed by atoms with Gasteiger partial charge in [-0.25, -0.2) is 0 Å². The summed E-state index contributed by atoms with van der Waals surface area (Å²) in [6.07, 6.45) is 5.27. The van der Waals surface area contributed by atoms with Crippen LogP contribution < -0.4 is 10.1 Å². The van der Waals surface area contributed by atoms with E-state index in [9.17, 15) is 9.59 Å². The first-order chi connectivity index (χ1) is 14.6. The van der Waals surface area contributed by atoms with E-state index in [0.29, 0.717) is 58.9 Å². The third-order valence-corrected chi connectivity index (χ3v) is 5.72. The minimum atomic E-state index is -0.989. The zero-order valence-corrected chi connectivity index (χ0v) is 18.1. The molecule has 2 aliphatic rings. The predicted octanol–water partition coefficient (Wildman–Crippen LogP) is 1.62. The lowest BCUT2D eigenvalue weighted by Crippen LogP contribution is -2.61. The number of hydrogen-bond donors (Lipinski definition) is 1. The molecule has 1 saturated heterocycles. The minimum absolute atomic E-state index is 0.0890. The topological polar surface area (TPSA) is 71.1 Å². The Bertz CT molecular complexity index is 763. The molecule has 1 aromatic rings. The van der Waals surface area contributed by atoms with E-state index >= 15 is 0 Å². The summed E-state index contributed by atoms with van der Waals surface area (Å²) in [5, 5.41) is 2.97. The summed E-state index contributed by atoms with van der Waals surface area (Å²) < 4.78 is 11.9. The second kappa shape index (κ2) is 10.6. The number of benzene rings is 1. The van der Waals surface area contributed by atoms with E-state index in [2.05, 4.69) is 17.5 Å². The Kier molecular flexibility index (Phi) is 7.87. The van der Waals surface area contributed by atoms with Crippen molar-refractivity contribution in [3.63, 3.8) is 0 Å². The Morgan fingerprint density at radius 1 is 1.20 bits per heavy atom. The van der Waals surface area contributed by atoms with Gasteiger partial charge in [0.1, 0.15) is 12.4 Å². The molecule has 0 bridgehead atoms. The molecule has 2 heterocycles. The maximum atomic E-state index is 13.1. The van der Waals surface area contributed by atoms with Crippen molar-refractivity contribution in [2.75, 3.05) is 52.5 Å². The Labute approximate surface area is 179 Å². The van der Waals surface area contributed by atoms with E-state index in [1.165, 1.54) is 0 Å². The largest absolute Gasteiger partial charge is 0.491 e. The number of carbonyl (C=O) groups excluding carboxylic acids is 2.